The Hall–Kier alpha value is -1.88. The van der Waals surface area contributed by atoms with Crippen molar-refractivity contribution in [1.82, 2.24) is 10.3 Å². The predicted octanol–water partition coefficient (Wildman–Crippen LogP) is 2.99. The first-order valence-corrected chi connectivity index (χ1v) is 6.24. The molecule has 19 heavy (non-hydrogen) atoms. The smallest absolute Gasteiger partial charge is 0.208 e. The summed E-state index contributed by atoms with van der Waals surface area (Å²) in [6.45, 7) is 3.50. The van der Waals surface area contributed by atoms with Crippen molar-refractivity contribution in [3.05, 3.63) is 36.1 Å². The van der Waals surface area contributed by atoms with Crippen molar-refractivity contribution in [3.63, 3.8) is 0 Å². The molecule has 0 unspecified atom stereocenters. The van der Waals surface area contributed by atoms with Crippen molar-refractivity contribution in [2.45, 2.75) is 19.9 Å². The molecule has 0 aliphatic carbocycles. The molecule has 1 N–H and O–H groups in total. The highest BCUT2D eigenvalue weighted by molar-refractivity contribution is 5.65. The Balaban J connectivity index is 2.23. The van der Waals surface area contributed by atoms with Crippen LogP contribution in [0.15, 0.2) is 28.8 Å². The van der Waals surface area contributed by atoms with Gasteiger partial charge in [0.15, 0.2) is 5.76 Å². The van der Waals surface area contributed by atoms with E-state index in [0.717, 1.165) is 13.0 Å². The van der Waals surface area contributed by atoms with E-state index in [4.69, 9.17) is 9.15 Å². The fraction of sp³-hybridized carbons (Fsp3) is 0.357. The molecule has 0 atom stereocenters. The van der Waals surface area contributed by atoms with Crippen molar-refractivity contribution >= 4 is 0 Å². The second-order valence-electron chi connectivity index (χ2n) is 4.11. The van der Waals surface area contributed by atoms with E-state index in [-0.39, 0.29) is 5.82 Å². The van der Waals surface area contributed by atoms with Crippen LogP contribution in [0.2, 0.25) is 0 Å². The van der Waals surface area contributed by atoms with Gasteiger partial charge >= 0.3 is 0 Å². The maximum absolute atomic E-state index is 13.9. The Morgan fingerprint density at radius 3 is 3.00 bits per heavy atom. The minimum absolute atomic E-state index is 0.305. The van der Waals surface area contributed by atoms with E-state index < -0.39 is 0 Å². The summed E-state index contributed by atoms with van der Waals surface area (Å²) in [5.74, 6) is 0.963. The molecule has 2 aromatic rings. The first-order chi connectivity index (χ1) is 9.26. The van der Waals surface area contributed by atoms with Crippen LogP contribution in [0, 0.1) is 5.82 Å². The van der Waals surface area contributed by atoms with Crippen LogP contribution in [0.5, 0.6) is 5.75 Å². The lowest BCUT2D eigenvalue weighted by Crippen LogP contribution is -2.13. The van der Waals surface area contributed by atoms with Gasteiger partial charge in [-0.1, -0.05) is 13.0 Å². The Morgan fingerprint density at radius 2 is 2.26 bits per heavy atom. The zero-order valence-electron chi connectivity index (χ0n) is 11.1. The van der Waals surface area contributed by atoms with Crippen LogP contribution in [0.3, 0.4) is 0 Å². The van der Waals surface area contributed by atoms with Crippen molar-refractivity contribution in [3.8, 4) is 17.1 Å². The van der Waals surface area contributed by atoms with E-state index in [9.17, 15) is 4.39 Å². The van der Waals surface area contributed by atoms with Gasteiger partial charge in [0.05, 0.1) is 25.4 Å². The lowest BCUT2D eigenvalue weighted by atomic mass is 10.1. The van der Waals surface area contributed by atoms with E-state index in [2.05, 4.69) is 17.2 Å². The van der Waals surface area contributed by atoms with E-state index in [1.165, 1.54) is 19.4 Å². The molecule has 0 fully saturated rings. The minimum Gasteiger partial charge on any atom is -0.496 e. The highest BCUT2D eigenvalue weighted by Crippen LogP contribution is 2.32. The number of nitrogens with one attached hydrogen (secondary N) is 1. The largest absolute Gasteiger partial charge is 0.496 e. The monoisotopic (exact) mass is 264 g/mol. The number of benzene rings is 1. The van der Waals surface area contributed by atoms with Crippen LogP contribution in [0.4, 0.5) is 4.39 Å². The molecule has 0 bridgehead atoms. The van der Waals surface area contributed by atoms with Crippen molar-refractivity contribution in [1.29, 1.82) is 0 Å². The van der Waals surface area contributed by atoms with Crippen molar-refractivity contribution in [2.75, 3.05) is 13.7 Å². The topological polar surface area (TPSA) is 47.3 Å². The molecule has 0 spiro atoms. The normalized spacial score (nSPS) is 10.7. The quantitative estimate of drug-likeness (QED) is 0.815. The summed E-state index contributed by atoms with van der Waals surface area (Å²) in [6, 6.07) is 4.66. The molecule has 1 aromatic heterocycles. The molecular formula is C14H17FN2O2. The Labute approximate surface area is 111 Å². The van der Waals surface area contributed by atoms with Gasteiger partial charge in [-0.05, 0) is 25.1 Å². The molecule has 0 saturated heterocycles. The fourth-order valence-electron chi connectivity index (χ4n) is 1.79. The molecule has 0 aliphatic rings. The standard InChI is InChI=1S/C14H17FN2O2/c1-3-7-16-9-13-17-8-12(19-13)14-10(15)5-4-6-11(14)18-2/h4-6,8,16H,3,7,9H2,1-2H3. The van der Waals surface area contributed by atoms with Crippen LogP contribution in [-0.4, -0.2) is 18.6 Å². The third-order valence-corrected chi connectivity index (χ3v) is 2.70. The van der Waals surface area contributed by atoms with Gasteiger partial charge in [-0.15, -0.1) is 0 Å². The van der Waals surface area contributed by atoms with E-state index in [1.54, 1.807) is 12.1 Å². The van der Waals surface area contributed by atoms with Crippen molar-refractivity contribution in [2.24, 2.45) is 0 Å². The number of rotatable bonds is 6. The molecule has 102 valence electrons. The average Bonchev–Trinajstić information content (AvgIpc) is 2.87. The van der Waals surface area contributed by atoms with E-state index in [0.29, 0.717) is 29.5 Å². The summed E-state index contributed by atoms with van der Waals surface area (Å²) < 4.78 is 24.5. The highest BCUT2D eigenvalue weighted by atomic mass is 19.1. The lowest BCUT2D eigenvalue weighted by molar-refractivity contribution is 0.409. The van der Waals surface area contributed by atoms with Crippen LogP contribution < -0.4 is 10.1 Å². The maximum atomic E-state index is 13.9. The second kappa shape index (κ2) is 6.33. The molecule has 0 aliphatic heterocycles. The predicted molar refractivity (Wildman–Crippen MR) is 70.4 cm³/mol. The number of ether oxygens (including phenoxy) is 1. The summed E-state index contributed by atoms with van der Waals surface area (Å²) in [6.07, 6.45) is 2.55. The van der Waals surface area contributed by atoms with E-state index >= 15 is 0 Å². The summed E-state index contributed by atoms with van der Waals surface area (Å²) in [7, 11) is 1.50. The minimum atomic E-state index is -0.386. The summed E-state index contributed by atoms with van der Waals surface area (Å²) >= 11 is 0. The molecule has 0 radical (unpaired) electrons. The molecular weight excluding hydrogens is 247 g/mol. The number of oxazole rings is 1. The number of hydrogen-bond acceptors (Lipinski definition) is 4. The number of nitrogens with zero attached hydrogens (tertiary/aromatic N) is 1. The van der Waals surface area contributed by atoms with Gasteiger partial charge in [-0.2, -0.15) is 0 Å². The molecule has 4 nitrogen and oxygen atoms in total. The Morgan fingerprint density at radius 1 is 1.42 bits per heavy atom. The number of methoxy groups -OCH3 is 1. The van der Waals surface area contributed by atoms with Crippen molar-refractivity contribution < 1.29 is 13.5 Å². The number of hydrogen-bond donors (Lipinski definition) is 1. The van der Waals surface area contributed by atoms with Gasteiger partial charge in [0.25, 0.3) is 0 Å². The van der Waals surface area contributed by atoms with Crippen LogP contribution in [0.1, 0.15) is 19.2 Å². The SMILES string of the molecule is CCCNCc1ncc(-c2c(F)cccc2OC)o1. The third kappa shape index (κ3) is 3.12. The van der Waals surface area contributed by atoms with Gasteiger partial charge in [0, 0.05) is 0 Å². The average molecular weight is 264 g/mol. The summed E-state index contributed by atoms with van der Waals surface area (Å²) in [5.41, 5.74) is 0.305. The van der Waals surface area contributed by atoms with Gasteiger partial charge in [-0.3, -0.25) is 0 Å². The van der Waals surface area contributed by atoms with Crippen LogP contribution in [-0.2, 0) is 6.54 Å². The molecule has 5 heteroatoms. The summed E-state index contributed by atoms with van der Waals surface area (Å²) in [4.78, 5) is 4.13. The Bertz CT molecular complexity index is 540. The first kappa shape index (κ1) is 13.5. The van der Waals surface area contributed by atoms with E-state index in [1.807, 2.05) is 0 Å². The number of aromatic nitrogens is 1. The maximum Gasteiger partial charge on any atom is 0.208 e. The molecule has 0 saturated carbocycles. The lowest BCUT2D eigenvalue weighted by Gasteiger charge is -2.06. The number of halogens is 1. The zero-order chi connectivity index (χ0) is 13.7. The highest BCUT2D eigenvalue weighted by Gasteiger charge is 2.16. The summed E-state index contributed by atoms with van der Waals surface area (Å²) in [5, 5.41) is 3.18. The fourth-order valence-corrected chi connectivity index (χ4v) is 1.79. The molecule has 0 amide bonds. The van der Waals surface area contributed by atoms with Crippen LogP contribution >= 0.6 is 0 Å². The third-order valence-electron chi connectivity index (χ3n) is 2.70. The molecule has 1 aromatic carbocycles. The van der Waals surface area contributed by atoms with Gasteiger partial charge < -0.3 is 14.5 Å². The van der Waals surface area contributed by atoms with Gasteiger partial charge in [-0.25, -0.2) is 9.37 Å². The Kier molecular flexibility index (Phi) is 4.52. The van der Waals surface area contributed by atoms with Crippen LogP contribution in [0.25, 0.3) is 11.3 Å². The molecule has 1 heterocycles. The second-order valence-corrected chi connectivity index (χ2v) is 4.11. The zero-order valence-corrected chi connectivity index (χ0v) is 11.1. The van der Waals surface area contributed by atoms with Gasteiger partial charge in [0.2, 0.25) is 5.89 Å². The molecule has 2 rings (SSSR count). The first-order valence-electron chi connectivity index (χ1n) is 6.24. The van der Waals surface area contributed by atoms with Gasteiger partial charge in [0.1, 0.15) is 11.6 Å².